The minimum atomic E-state index is -0.853. The van der Waals surface area contributed by atoms with Crippen LogP contribution < -0.4 is 10.2 Å². The van der Waals surface area contributed by atoms with E-state index < -0.39 is 12.2 Å². The van der Waals surface area contributed by atoms with Crippen molar-refractivity contribution in [2.45, 2.75) is 85.7 Å². The first-order valence-corrected chi connectivity index (χ1v) is 14.5. The van der Waals surface area contributed by atoms with Crippen LogP contribution in [0.5, 0.6) is 0 Å². The molecular weight excluding hydrogens is 520 g/mol. The summed E-state index contributed by atoms with van der Waals surface area (Å²) in [5.74, 6) is -0.0306. The lowest BCUT2D eigenvalue weighted by Gasteiger charge is -2.46. The molecule has 0 aromatic heterocycles. The lowest BCUT2D eigenvalue weighted by molar-refractivity contribution is -0.117. The molecule has 2 aliphatic rings. The van der Waals surface area contributed by atoms with E-state index in [-0.39, 0.29) is 35.6 Å². The molecule has 41 heavy (non-hydrogen) atoms. The molecule has 3 amide bonds. The third-order valence-electron chi connectivity index (χ3n) is 8.06. The standard InChI is InChI=1S/C32H44N4O5/c1-20(2)41-30(38)33-27-16-21(3)36(22(4)37)28-13-12-25(17-26(27)28)24-10-8-23(9-11-24)18-34-14-15-35(31(39)40)29(19-34)32(5,6)7/h8-13,17,20-21,27,29H,14-16,18-19H2,1-7H3,(H,33,38)(H,39,40)/t21-,27+,29?/m0/s1. The fourth-order valence-electron chi connectivity index (χ4n) is 6.06. The molecule has 1 fully saturated rings. The maximum atomic E-state index is 12.5. The van der Waals surface area contributed by atoms with Gasteiger partial charge in [-0.15, -0.1) is 0 Å². The summed E-state index contributed by atoms with van der Waals surface area (Å²) in [6, 6.07) is 14.0. The van der Waals surface area contributed by atoms with Crippen LogP contribution in [0.15, 0.2) is 42.5 Å². The van der Waals surface area contributed by atoms with Gasteiger partial charge >= 0.3 is 12.2 Å². The van der Waals surface area contributed by atoms with Gasteiger partial charge in [0, 0.05) is 44.8 Å². The van der Waals surface area contributed by atoms with E-state index >= 15 is 0 Å². The van der Waals surface area contributed by atoms with E-state index in [2.05, 4.69) is 61.3 Å². The van der Waals surface area contributed by atoms with E-state index in [0.717, 1.165) is 34.5 Å². The predicted molar refractivity (Wildman–Crippen MR) is 160 cm³/mol. The second-order valence-corrected chi connectivity index (χ2v) is 12.7. The van der Waals surface area contributed by atoms with Gasteiger partial charge in [0.15, 0.2) is 0 Å². The third-order valence-corrected chi connectivity index (χ3v) is 8.06. The van der Waals surface area contributed by atoms with Crippen molar-refractivity contribution in [3.8, 4) is 11.1 Å². The van der Waals surface area contributed by atoms with Gasteiger partial charge in [-0.3, -0.25) is 9.69 Å². The molecule has 3 atom stereocenters. The first kappa shape index (κ1) is 30.4. The average molecular weight is 565 g/mol. The molecule has 2 N–H and O–H groups in total. The van der Waals surface area contributed by atoms with Gasteiger partial charge in [-0.25, -0.2) is 9.59 Å². The van der Waals surface area contributed by atoms with E-state index in [1.807, 2.05) is 32.9 Å². The number of piperazine rings is 1. The summed E-state index contributed by atoms with van der Waals surface area (Å²) in [4.78, 5) is 42.5. The molecule has 0 radical (unpaired) electrons. The number of nitrogens with zero attached hydrogens (tertiary/aromatic N) is 3. The van der Waals surface area contributed by atoms with Crippen molar-refractivity contribution in [3.63, 3.8) is 0 Å². The molecule has 0 bridgehead atoms. The average Bonchev–Trinajstić information content (AvgIpc) is 2.87. The molecule has 1 saturated heterocycles. The monoisotopic (exact) mass is 564 g/mol. The summed E-state index contributed by atoms with van der Waals surface area (Å²) in [7, 11) is 0. The van der Waals surface area contributed by atoms with E-state index in [0.29, 0.717) is 26.1 Å². The lowest BCUT2D eigenvalue weighted by atomic mass is 9.84. The maximum Gasteiger partial charge on any atom is 0.407 e. The van der Waals surface area contributed by atoms with Crippen molar-refractivity contribution in [2.24, 2.45) is 5.41 Å². The summed E-state index contributed by atoms with van der Waals surface area (Å²) < 4.78 is 5.34. The Morgan fingerprint density at radius 1 is 1.05 bits per heavy atom. The molecule has 222 valence electrons. The van der Waals surface area contributed by atoms with Crippen molar-refractivity contribution in [1.29, 1.82) is 0 Å². The third kappa shape index (κ3) is 7.01. The number of alkyl carbamates (subject to hydrolysis) is 1. The van der Waals surface area contributed by atoms with Crippen LogP contribution in [-0.4, -0.2) is 70.8 Å². The Morgan fingerprint density at radius 3 is 2.29 bits per heavy atom. The zero-order chi connectivity index (χ0) is 30.1. The van der Waals surface area contributed by atoms with Gasteiger partial charge in [-0.2, -0.15) is 0 Å². The van der Waals surface area contributed by atoms with Crippen LogP contribution in [0.25, 0.3) is 11.1 Å². The number of rotatable bonds is 5. The highest BCUT2D eigenvalue weighted by Crippen LogP contribution is 2.40. The largest absolute Gasteiger partial charge is 0.465 e. The molecule has 2 aromatic carbocycles. The topological polar surface area (TPSA) is 102 Å². The number of carbonyl (C=O) groups excluding carboxylic acids is 2. The molecule has 2 aliphatic heterocycles. The van der Waals surface area contributed by atoms with Gasteiger partial charge in [0.1, 0.15) is 0 Å². The first-order chi connectivity index (χ1) is 19.2. The second-order valence-electron chi connectivity index (χ2n) is 12.7. The van der Waals surface area contributed by atoms with Crippen LogP contribution in [0.1, 0.15) is 72.1 Å². The Balaban J connectivity index is 1.54. The van der Waals surface area contributed by atoms with Gasteiger partial charge < -0.3 is 25.0 Å². The highest BCUT2D eigenvalue weighted by Gasteiger charge is 2.38. The van der Waals surface area contributed by atoms with Gasteiger partial charge in [-0.05, 0) is 67.0 Å². The number of hydrogen-bond donors (Lipinski definition) is 2. The molecule has 2 heterocycles. The van der Waals surface area contributed by atoms with Crippen molar-refractivity contribution >= 4 is 23.8 Å². The number of carbonyl (C=O) groups is 3. The van der Waals surface area contributed by atoms with Crippen molar-refractivity contribution < 1.29 is 24.2 Å². The molecular formula is C32H44N4O5. The Bertz CT molecular complexity index is 1270. The quantitative estimate of drug-likeness (QED) is 0.470. The Labute approximate surface area is 243 Å². The van der Waals surface area contributed by atoms with E-state index in [9.17, 15) is 19.5 Å². The normalized spacial score (nSPS) is 21.4. The van der Waals surface area contributed by atoms with Crippen LogP contribution in [0.4, 0.5) is 15.3 Å². The number of carboxylic acid groups (broad SMARTS) is 1. The molecule has 0 saturated carbocycles. The smallest absolute Gasteiger partial charge is 0.407 e. The maximum absolute atomic E-state index is 12.5. The number of nitrogens with one attached hydrogen (secondary N) is 1. The van der Waals surface area contributed by atoms with Crippen molar-refractivity contribution in [3.05, 3.63) is 53.6 Å². The SMILES string of the molecule is CC(=O)N1c2ccc(-c3ccc(CN4CCN(C(=O)O)C(C(C)(C)C)C4)cc3)cc2[C@H](NC(=O)OC(C)C)C[C@@H]1C. The van der Waals surface area contributed by atoms with Crippen LogP contribution in [0.2, 0.25) is 0 Å². The van der Waals surface area contributed by atoms with Crippen LogP contribution in [0.3, 0.4) is 0 Å². The number of anilines is 1. The highest BCUT2D eigenvalue weighted by molar-refractivity contribution is 5.94. The minimum Gasteiger partial charge on any atom is -0.465 e. The predicted octanol–water partition coefficient (Wildman–Crippen LogP) is 5.88. The van der Waals surface area contributed by atoms with Crippen LogP contribution in [0, 0.1) is 5.41 Å². The van der Waals surface area contributed by atoms with E-state index in [4.69, 9.17) is 4.74 Å². The Morgan fingerprint density at radius 2 is 1.71 bits per heavy atom. The van der Waals surface area contributed by atoms with Crippen molar-refractivity contribution in [2.75, 3.05) is 24.5 Å². The molecule has 0 spiro atoms. The zero-order valence-corrected chi connectivity index (χ0v) is 25.3. The van der Waals surface area contributed by atoms with E-state index in [1.165, 1.54) is 0 Å². The van der Waals surface area contributed by atoms with Gasteiger partial charge in [0.2, 0.25) is 5.91 Å². The number of amides is 3. The summed E-state index contributed by atoms with van der Waals surface area (Å²) >= 11 is 0. The van der Waals surface area contributed by atoms with Crippen molar-refractivity contribution in [1.82, 2.24) is 15.1 Å². The summed E-state index contributed by atoms with van der Waals surface area (Å²) in [5, 5.41) is 12.7. The van der Waals surface area contributed by atoms with Gasteiger partial charge in [0.05, 0.1) is 18.2 Å². The fourth-order valence-corrected chi connectivity index (χ4v) is 6.06. The minimum absolute atomic E-state index is 0.0306. The number of benzene rings is 2. The van der Waals surface area contributed by atoms with E-state index in [1.54, 1.807) is 16.7 Å². The van der Waals surface area contributed by atoms with Gasteiger partial charge in [-0.1, -0.05) is 51.1 Å². The Hall–Kier alpha value is -3.59. The molecule has 1 unspecified atom stereocenters. The zero-order valence-electron chi connectivity index (χ0n) is 25.3. The first-order valence-electron chi connectivity index (χ1n) is 14.5. The summed E-state index contributed by atoms with van der Waals surface area (Å²) in [6.07, 6.45) is -0.956. The number of fused-ring (bicyclic) bond motifs is 1. The molecule has 9 heteroatoms. The van der Waals surface area contributed by atoms with Crippen LogP contribution >= 0.6 is 0 Å². The van der Waals surface area contributed by atoms with Crippen LogP contribution in [-0.2, 0) is 16.1 Å². The summed E-state index contributed by atoms with van der Waals surface area (Å²) in [5.41, 5.74) is 4.75. The molecule has 4 rings (SSSR count). The number of ether oxygens (including phenoxy) is 1. The molecule has 0 aliphatic carbocycles. The highest BCUT2D eigenvalue weighted by atomic mass is 16.6. The number of hydrogen-bond acceptors (Lipinski definition) is 5. The Kier molecular flexibility index (Phi) is 8.97. The lowest BCUT2D eigenvalue weighted by Crippen LogP contribution is -2.59. The summed E-state index contributed by atoms with van der Waals surface area (Å²) in [6.45, 7) is 16.1. The molecule has 9 nitrogen and oxygen atoms in total. The second kappa shape index (κ2) is 12.1. The van der Waals surface area contributed by atoms with Gasteiger partial charge in [0.25, 0.3) is 0 Å². The fraction of sp³-hybridized carbons (Fsp3) is 0.531. The molecule has 2 aromatic rings.